The van der Waals surface area contributed by atoms with Gasteiger partial charge in [-0.25, -0.2) is 0 Å². The summed E-state index contributed by atoms with van der Waals surface area (Å²) in [6.07, 6.45) is 0. The number of ether oxygens (including phenoxy) is 1. The van der Waals surface area contributed by atoms with Crippen LogP contribution in [0.5, 0.6) is 5.75 Å². The molecule has 0 radical (unpaired) electrons. The van der Waals surface area contributed by atoms with Gasteiger partial charge in [-0.05, 0) is 17.7 Å². The zero-order valence-electron chi connectivity index (χ0n) is 11.6. The quantitative estimate of drug-likeness (QED) is 0.834. The third-order valence-corrected chi connectivity index (χ3v) is 2.64. The molecule has 1 aromatic carbocycles. The molecule has 1 rings (SSSR count). The Hall–Kier alpha value is -1.55. The highest BCUT2D eigenvalue weighted by Crippen LogP contribution is 2.13. The predicted octanol–water partition coefficient (Wildman–Crippen LogP) is 1.65. The summed E-state index contributed by atoms with van der Waals surface area (Å²) in [5, 5.41) is 3.12. The standard InChI is InChI=1S/C14H22N2O2/c1-11(2)15-9-14(17)16(3)10-12-6-5-7-13(8-12)18-4/h5-8,11,15H,9-10H2,1-4H3. The van der Waals surface area contributed by atoms with Crippen LogP contribution in [-0.4, -0.2) is 37.6 Å². The first kappa shape index (κ1) is 14.5. The fourth-order valence-corrected chi connectivity index (χ4v) is 1.56. The van der Waals surface area contributed by atoms with Crippen molar-refractivity contribution in [2.24, 2.45) is 0 Å². The number of carbonyl (C=O) groups is 1. The van der Waals surface area contributed by atoms with Crippen molar-refractivity contribution in [1.82, 2.24) is 10.2 Å². The number of amides is 1. The highest BCUT2D eigenvalue weighted by Gasteiger charge is 2.09. The van der Waals surface area contributed by atoms with Gasteiger partial charge in [0.25, 0.3) is 0 Å². The van der Waals surface area contributed by atoms with Crippen LogP contribution in [0.15, 0.2) is 24.3 Å². The second-order valence-corrected chi connectivity index (χ2v) is 4.64. The van der Waals surface area contributed by atoms with Gasteiger partial charge < -0.3 is 15.0 Å². The van der Waals surface area contributed by atoms with Crippen LogP contribution < -0.4 is 10.1 Å². The van der Waals surface area contributed by atoms with Crippen LogP contribution in [0.4, 0.5) is 0 Å². The summed E-state index contributed by atoms with van der Waals surface area (Å²) in [5.74, 6) is 0.903. The van der Waals surface area contributed by atoms with E-state index in [1.165, 1.54) is 0 Å². The second-order valence-electron chi connectivity index (χ2n) is 4.64. The second kappa shape index (κ2) is 7.01. The predicted molar refractivity (Wildman–Crippen MR) is 72.6 cm³/mol. The summed E-state index contributed by atoms with van der Waals surface area (Å²) >= 11 is 0. The Kier molecular flexibility index (Phi) is 5.65. The molecule has 0 saturated heterocycles. The number of methoxy groups -OCH3 is 1. The molecule has 0 aliphatic carbocycles. The third kappa shape index (κ3) is 4.75. The molecule has 0 aliphatic heterocycles. The Morgan fingerprint density at radius 1 is 1.44 bits per heavy atom. The van der Waals surface area contributed by atoms with Gasteiger partial charge in [0.2, 0.25) is 5.91 Å². The zero-order valence-corrected chi connectivity index (χ0v) is 11.6. The highest BCUT2D eigenvalue weighted by atomic mass is 16.5. The number of hydrogen-bond acceptors (Lipinski definition) is 3. The summed E-state index contributed by atoms with van der Waals surface area (Å²) in [7, 11) is 3.45. The van der Waals surface area contributed by atoms with Crippen LogP contribution in [0.3, 0.4) is 0 Å². The highest BCUT2D eigenvalue weighted by molar-refractivity contribution is 5.78. The summed E-state index contributed by atoms with van der Waals surface area (Å²) in [6.45, 7) is 5.01. The Morgan fingerprint density at radius 3 is 2.78 bits per heavy atom. The third-order valence-electron chi connectivity index (χ3n) is 2.64. The molecule has 100 valence electrons. The Labute approximate surface area is 109 Å². The van der Waals surface area contributed by atoms with Gasteiger partial charge in [-0.2, -0.15) is 0 Å². The molecule has 0 aliphatic rings. The molecular formula is C14H22N2O2. The fraction of sp³-hybridized carbons (Fsp3) is 0.500. The minimum absolute atomic E-state index is 0.0894. The number of benzene rings is 1. The maximum absolute atomic E-state index is 11.8. The zero-order chi connectivity index (χ0) is 13.5. The molecular weight excluding hydrogens is 228 g/mol. The van der Waals surface area contributed by atoms with Gasteiger partial charge in [0.15, 0.2) is 0 Å². The molecule has 4 heteroatoms. The van der Waals surface area contributed by atoms with Crippen LogP contribution in [-0.2, 0) is 11.3 Å². The molecule has 0 bridgehead atoms. The lowest BCUT2D eigenvalue weighted by molar-refractivity contribution is -0.129. The van der Waals surface area contributed by atoms with E-state index in [0.29, 0.717) is 19.1 Å². The van der Waals surface area contributed by atoms with Gasteiger partial charge in [-0.15, -0.1) is 0 Å². The molecule has 0 fully saturated rings. The van der Waals surface area contributed by atoms with E-state index in [0.717, 1.165) is 11.3 Å². The van der Waals surface area contributed by atoms with E-state index < -0.39 is 0 Å². The number of carbonyl (C=O) groups excluding carboxylic acids is 1. The SMILES string of the molecule is COc1cccc(CN(C)C(=O)CNC(C)C)c1. The molecule has 0 spiro atoms. The lowest BCUT2D eigenvalue weighted by atomic mass is 10.2. The van der Waals surface area contributed by atoms with Crippen molar-refractivity contribution in [2.45, 2.75) is 26.4 Å². The molecule has 18 heavy (non-hydrogen) atoms. The first-order chi connectivity index (χ1) is 8.52. The maximum atomic E-state index is 11.8. The average Bonchev–Trinajstić information content (AvgIpc) is 2.36. The molecule has 0 unspecified atom stereocenters. The van der Waals surface area contributed by atoms with Crippen molar-refractivity contribution in [2.75, 3.05) is 20.7 Å². The van der Waals surface area contributed by atoms with E-state index in [2.05, 4.69) is 5.32 Å². The molecule has 1 N–H and O–H groups in total. The Balaban J connectivity index is 2.52. The minimum Gasteiger partial charge on any atom is -0.497 e. The van der Waals surface area contributed by atoms with Crippen LogP contribution in [0.2, 0.25) is 0 Å². The molecule has 0 aromatic heterocycles. The van der Waals surface area contributed by atoms with Gasteiger partial charge in [0, 0.05) is 19.6 Å². The van der Waals surface area contributed by atoms with Crippen LogP contribution in [0.1, 0.15) is 19.4 Å². The smallest absolute Gasteiger partial charge is 0.236 e. The molecule has 1 aromatic rings. The van der Waals surface area contributed by atoms with Gasteiger partial charge in [0.1, 0.15) is 5.75 Å². The first-order valence-electron chi connectivity index (χ1n) is 6.13. The van der Waals surface area contributed by atoms with Crippen molar-refractivity contribution in [3.05, 3.63) is 29.8 Å². The largest absolute Gasteiger partial charge is 0.497 e. The van der Waals surface area contributed by atoms with Crippen molar-refractivity contribution in [3.8, 4) is 5.75 Å². The summed E-state index contributed by atoms with van der Waals surface area (Å²) < 4.78 is 5.16. The molecule has 4 nitrogen and oxygen atoms in total. The van der Waals surface area contributed by atoms with E-state index in [9.17, 15) is 4.79 Å². The summed E-state index contributed by atoms with van der Waals surface area (Å²) in [5.41, 5.74) is 1.06. The van der Waals surface area contributed by atoms with Crippen molar-refractivity contribution in [3.63, 3.8) is 0 Å². The van der Waals surface area contributed by atoms with Crippen LogP contribution in [0.25, 0.3) is 0 Å². The number of rotatable bonds is 6. The van der Waals surface area contributed by atoms with Gasteiger partial charge >= 0.3 is 0 Å². The van der Waals surface area contributed by atoms with E-state index in [4.69, 9.17) is 4.74 Å². The van der Waals surface area contributed by atoms with Crippen LogP contribution in [0, 0.1) is 0 Å². The molecule has 0 saturated carbocycles. The fourth-order valence-electron chi connectivity index (χ4n) is 1.56. The Morgan fingerprint density at radius 2 is 2.17 bits per heavy atom. The van der Waals surface area contributed by atoms with Gasteiger partial charge in [0.05, 0.1) is 13.7 Å². The summed E-state index contributed by atoms with van der Waals surface area (Å²) in [4.78, 5) is 13.6. The maximum Gasteiger partial charge on any atom is 0.236 e. The van der Waals surface area contributed by atoms with Gasteiger partial charge in [-0.1, -0.05) is 26.0 Å². The van der Waals surface area contributed by atoms with E-state index in [1.807, 2.05) is 45.2 Å². The lowest BCUT2D eigenvalue weighted by Gasteiger charge is -2.18. The van der Waals surface area contributed by atoms with E-state index in [1.54, 1.807) is 12.0 Å². The number of nitrogens with zero attached hydrogens (tertiary/aromatic N) is 1. The van der Waals surface area contributed by atoms with Crippen LogP contribution >= 0.6 is 0 Å². The monoisotopic (exact) mass is 250 g/mol. The van der Waals surface area contributed by atoms with Crippen molar-refractivity contribution in [1.29, 1.82) is 0 Å². The number of hydrogen-bond donors (Lipinski definition) is 1. The molecule has 0 heterocycles. The van der Waals surface area contributed by atoms with Crippen molar-refractivity contribution < 1.29 is 9.53 Å². The number of nitrogens with one attached hydrogen (secondary N) is 1. The topological polar surface area (TPSA) is 41.6 Å². The van der Waals surface area contributed by atoms with E-state index in [-0.39, 0.29) is 5.91 Å². The molecule has 0 atom stereocenters. The average molecular weight is 250 g/mol. The molecule has 1 amide bonds. The minimum atomic E-state index is 0.0894. The van der Waals surface area contributed by atoms with Crippen molar-refractivity contribution >= 4 is 5.91 Å². The number of likely N-dealkylation sites (N-methyl/N-ethyl adjacent to an activating group) is 1. The normalized spacial score (nSPS) is 10.5. The Bertz CT molecular complexity index is 391. The van der Waals surface area contributed by atoms with Gasteiger partial charge in [-0.3, -0.25) is 4.79 Å². The first-order valence-corrected chi connectivity index (χ1v) is 6.13. The van der Waals surface area contributed by atoms with E-state index >= 15 is 0 Å². The lowest BCUT2D eigenvalue weighted by Crippen LogP contribution is -2.37. The summed E-state index contributed by atoms with van der Waals surface area (Å²) in [6, 6.07) is 8.07.